The van der Waals surface area contributed by atoms with Crippen LogP contribution in [0, 0.1) is 6.92 Å². The normalized spacial score (nSPS) is 12.8. The highest BCUT2D eigenvalue weighted by Crippen LogP contribution is 2.18. The van der Waals surface area contributed by atoms with E-state index < -0.39 is 0 Å². The number of hydrogen-bond acceptors (Lipinski definition) is 3. The van der Waals surface area contributed by atoms with Crippen molar-refractivity contribution in [3.63, 3.8) is 0 Å². The SMILES string of the molecule is COc1cc(CNC(C)CN(C)C)ccc1C. The molecule has 0 amide bonds. The Hall–Kier alpha value is -1.06. The summed E-state index contributed by atoms with van der Waals surface area (Å²) in [4.78, 5) is 2.19. The minimum absolute atomic E-state index is 0.484. The van der Waals surface area contributed by atoms with Crippen molar-refractivity contribution in [3.8, 4) is 5.75 Å². The van der Waals surface area contributed by atoms with Crippen molar-refractivity contribution in [3.05, 3.63) is 29.3 Å². The molecule has 1 aromatic rings. The first-order chi connectivity index (χ1) is 8.02. The fourth-order valence-electron chi connectivity index (χ4n) is 1.88. The molecule has 1 N–H and O–H groups in total. The largest absolute Gasteiger partial charge is 0.496 e. The minimum atomic E-state index is 0.484. The third-order valence-corrected chi connectivity index (χ3v) is 2.77. The molecular formula is C14H24N2O. The van der Waals surface area contributed by atoms with E-state index >= 15 is 0 Å². The molecule has 0 aliphatic rings. The predicted molar refractivity (Wildman–Crippen MR) is 72.6 cm³/mol. The maximum atomic E-state index is 5.32. The highest BCUT2D eigenvalue weighted by Gasteiger charge is 2.04. The van der Waals surface area contributed by atoms with Crippen LogP contribution in [0.3, 0.4) is 0 Å². The molecule has 0 heterocycles. The molecule has 1 aromatic carbocycles. The molecule has 0 aliphatic heterocycles. The van der Waals surface area contributed by atoms with Crippen LogP contribution < -0.4 is 10.1 Å². The van der Waals surface area contributed by atoms with Crippen LogP contribution in [0.1, 0.15) is 18.1 Å². The Kier molecular flexibility index (Phi) is 5.45. The molecule has 0 bridgehead atoms. The molecule has 17 heavy (non-hydrogen) atoms. The molecular weight excluding hydrogens is 212 g/mol. The Morgan fingerprint density at radius 3 is 2.65 bits per heavy atom. The van der Waals surface area contributed by atoms with Gasteiger partial charge < -0.3 is 15.0 Å². The molecule has 0 aromatic heterocycles. The van der Waals surface area contributed by atoms with Gasteiger partial charge in [0.1, 0.15) is 5.75 Å². The van der Waals surface area contributed by atoms with Crippen molar-refractivity contribution in [1.29, 1.82) is 0 Å². The number of rotatable bonds is 6. The maximum absolute atomic E-state index is 5.32. The van der Waals surface area contributed by atoms with E-state index in [1.54, 1.807) is 7.11 Å². The second-order valence-electron chi connectivity index (χ2n) is 4.85. The van der Waals surface area contributed by atoms with Gasteiger partial charge in [0.25, 0.3) is 0 Å². The lowest BCUT2D eigenvalue weighted by Crippen LogP contribution is -2.35. The van der Waals surface area contributed by atoms with Gasteiger partial charge in [-0.25, -0.2) is 0 Å². The van der Waals surface area contributed by atoms with Crippen molar-refractivity contribution >= 4 is 0 Å². The van der Waals surface area contributed by atoms with E-state index in [1.807, 2.05) is 0 Å². The van der Waals surface area contributed by atoms with Gasteiger partial charge in [-0.15, -0.1) is 0 Å². The summed E-state index contributed by atoms with van der Waals surface area (Å²) < 4.78 is 5.32. The van der Waals surface area contributed by atoms with E-state index in [2.05, 4.69) is 56.4 Å². The number of nitrogens with zero attached hydrogens (tertiary/aromatic N) is 1. The number of aryl methyl sites for hydroxylation is 1. The van der Waals surface area contributed by atoms with Crippen molar-refractivity contribution < 1.29 is 4.74 Å². The van der Waals surface area contributed by atoms with Crippen molar-refractivity contribution in [2.45, 2.75) is 26.4 Å². The van der Waals surface area contributed by atoms with Gasteiger partial charge in [0.05, 0.1) is 7.11 Å². The van der Waals surface area contributed by atoms with E-state index in [9.17, 15) is 0 Å². The number of hydrogen-bond donors (Lipinski definition) is 1. The highest BCUT2D eigenvalue weighted by molar-refractivity contribution is 5.36. The van der Waals surface area contributed by atoms with Gasteiger partial charge in [0.15, 0.2) is 0 Å². The van der Waals surface area contributed by atoms with Gasteiger partial charge in [0.2, 0.25) is 0 Å². The summed E-state index contributed by atoms with van der Waals surface area (Å²) in [5, 5.41) is 3.50. The van der Waals surface area contributed by atoms with Crippen LogP contribution in [0.5, 0.6) is 5.75 Å². The van der Waals surface area contributed by atoms with Crippen LogP contribution in [0.4, 0.5) is 0 Å². The first-order valence-corrected chi connectivity index (χ1v) is 6.04. The van der Waals surface area contributed by atoms with Gasteiger partial charge in [-0.1, -0.05) is 12.1 Å². The van der Waals surface area contributed by atoms with Crippen molar-refractivity contribution in [2.24, 2.45) is 0 Å². The summed E-state index contributed by atoms with van der Waals surface area (Å²) >= 11 is 0. The molecule has 0 saturated carbocycles. The first-order valence-electron chi connectivity index (χ1n) is 6.04. The quantitative estimate of drug-likeness (QED) is 0.818. The summed E-state index contributed by atoms with van der Waals surface area (Å²) in [5.41, 5.74) is 2.44. The van der Waals surface area contributed by atoms with E-state index in [0.717, 1.165) is 18.8 Å². The van der Waals surface area contributed by atoms with Crippen molar-refractivity contribution in [1.82, 2.24) is 10.2 Å². The standard InChI is InChI=1S/C14H24N2O/c1-11-6-7-13(8-14(11)17-5)9-15-12(2)10-16(3)4/h6-8,12,15H,9-10H2,1-5H3. The van der Waals surface area contributed by atoms with Gasteiger partial charge in [-0.05, 0) is 45.1 Å². The van der Waals surface area contributed by atoms with E-state index in [1.165, 1.54) is 11.1 Å². The van der Waals surface area contributed by atoms with Gasteiger partial charge in [0, 0.05) is 19.1 Å². The molecule has 96 valence electrons. The van der Waals surface area contributed by atoms with Crippen LogP contribution in [-0.2, 0) is 6.54 Å². The average molecular weight is 236 g/mol. The van der Waals surface area contributed by atoms with Gasteiger partial charge in [-0.2, -0.15) is 0 Å². The summed E-state index contributed by atoms with van der Waals surface area (Å²) in [5.74, 6) is 0.963. The van der Waals surface area contributed by atoms with Gasteiger partial charge in [-0.3, -0.25) is 0 Å². The summed E-state index contributed by atoms with van der Waals surface area (Å²) in [6.07, 6.45) is 0. The summed E-state index contributed by atoms with van der Waals surface area (Å²) in [6.45, 7) is 6.19. The van der Waals surface area contributed by atoms with Crippen LogP contribution in [0.25, 0.3) is 0 Å². The third-order valence-electron chi connectivity index (χ3n) is 2.77. The van der Waals surface area contributed by atoms with E-state index in [4.69, 9.17) is 4.74 Å². The molecule has 1 atom stereocenters. The predicted octanol–water partition coefficient (Wildman–Crippen LogP) is 2.04. The van der Waals surface area contributed by atoms with E-state index in [-0.39, 0.29) is 0 Å². The molecule has 3 heteroatoms. The second-order valence-corrected chi connectivity index (χ2v) is 4.85. The number of ether oxygens (including phenoxy) is 1. The Bertz CT molecular complexity index is 350. The van der Waals surface area contributed by atoms with Crippen LogP contribution in [0.15, 0.2) is 18.2 Å². The molecule has 0 saturated heterocycles. The number of methoxy groups -OCH3 is 1. The Balaban J connectivity index is 2.52. The summed E-state index contributed by atoms with van der Waals surface area (Å²) in [7, 11) is 5.90. The zero-order valence-corrected chi connectivity index (χ0v) is 11.6. The van der Waals surface area contributed by atoms with Gasteiger partial charge >= 0.3 is 0 Å². The topological polar surface area (TPSA) is 24.5 Å². The Labute approximate surface area is 105 Å². The van der Waals surface area contributed by atoms with Crippen molar-refractivity contribution in [2.75, 3.05) is 27.7 Å². The van der Waals surface area contributed by atoms with Crippen LogP contribution in [0.2, 0.25) is 0 Å². The number of likely N-dealkylation sites (N-methyl/N-ethyl adjacent to an activating group) is 1. The minimum Gasteiger partial charge on any atom is -0.496 e. The Morgan fingerprint density at radius 1 is 1.35 bits per heavy atom. The second kappa shape index (κ2) is 6.62. The molecule has 1 rings (SSSR count). The fraction of sp³-hybridized carbons (Fsp3) is 0.571. The first kappa shape index (κ1) is 14.0. The summed E-state index contributed by atoms with van der Waals surface area (Å²) in [6, 6.07) is 6.84. The van der Waals surface area contributed by atoms with E-state index in [0.29, 0.717) is 6.04 Å². The maximum Gasteiger partial charge on any atom is 0.122 e. The Morgan fingerprint density at radius 2 is 2.06 bits per heavy atom. The lowest BCUT2D eigenvalue weighted by molar-refractivity contribution is 0.349. The number of benzene rings is 1. The third kappa shape index (κ3) is 4.75. The van der Waals surface area contributed by atoms with Crippen LogP contribution >= 0.6 is 0 Å². The molecule has 3 nitrogen and oxygen atoms in total. The lowest BCUT2D eigenvalue weighted by Gasteiger charge is -2.18. The smallest absolute Gasteiger partial charge is 0.122 e. The highest BCUT2D eigenvalue weighted by atomic mass is 16.5. The monoisotopic (exact) mass is 236 g/mol. The molecule has 1 unspecified atom stereocenters. The number of nitrogens with one attached hydrogen (secondary N) is 1. The lowest BCUT2D eigenvalue weighted by atomic mass is 10.1. The zero-order chi connectivity index (χ0) is 12.8. The molecule has 0 spiro atoms. The fourth-order valence-corrected chi connectivity index (χ4v) is 1.88. The molecule has 0 radical (unpaired) electrons. The average Bonchev–Trinajstić information content (AvgIpc) is 2.27. The molecule has 0 aliphatic carbocycles. The van der Waals surface area contributed by atoms with Crippen LogP contribution in [-0.4, -0.2) is 38.7 Å². The molecule has 0 fully saturated rings. The zero-order valence-electron chi connectivity index (χ0n) is 11.6.